The first-order chi connectivity index (χ1) is 8.65. The van der Waals surface area contributed by atoms with E-state index in [4.69, 9.17) is 28.9 Å². The quantitative estimate of drug-likeness (QED) is 0.817. The van der Waals surface area contributed by atoms with Gasteiger partial charge in [0.1, 0.15) is 4.90 Å². The smallest absolute Gasteiger partial charge is 0.244 e. The molecular weight excluding hydrogens is 307 g/mol. The molecule has 7 heteroatoms. The summed E-state index contributed by atoms with van der Waals surface area (Å²) in [6.45, 7) is 6.36. The van der Waals surface area contributed by atoms with Gasteiger partial charge in [0.15, 0.2) is 0 Å². The maximum atomic E-state index is 12.2. The number of hydrogen-bond donors (Lipinski definition) is 2. The zero-order valence-corrected chi connectivity index (χ0v) is 13.4. The number of sulfonamides is 1. The van der Waals surface area contributed by atoms with Crippen LogP contribution >= 0.6 is 23.2 Å². The van der Waals surface area contributed by atoms with E-state index in [2.05, 4.69) is 4.72 Å². The Balaban J connectivity index is 3.02. The third-order valence-electron chi connectivity index (χ3n) is 3.04. The molecule has 0 bridgehead atoms. The van der Waals surface area contributed by atoms with E-state index in [0.717, 1.165) is 0 Å². The van der Waals surface area contributed by atoms with Crippen LogP contribution in [0, 0.1) is 11.8 Å². The van der Waals surface area contributed by atoms with Gasteiger partial charge < -0.3 is 5.73 Å². The molecule has 0 aromatic heterocycles. The van der Waals surface area contributed by atoms with Crippen molar-refractivity contribution in [2.45, 2.75) is 25.7 Å². The largest absolute Gasteiger partial charge is 0.398 e. The van der Waals surface area contributed by atoms with Crippen molar-refractivity contribution in [1.29, 1.82) is 0 Å². The normalized spacial score (nSPS) is 13.8. The zero-order valence-electron chi connectivity index (χ0n) is 11.1. The summed E-state index contributed by atoms with van der Waals surface area (Å²) in [5, 5.41) is 0.326. The molecule has 4 nitrogen and oxygen atoms in total. The van der Waals surface area contributed by atoms with Crippen molar-refractivity contribution in [3.63, 3.8) is 0 Å². The van der Waals surface area contributed by atoms with Crippen LogP contribution in [0.15, 0.2) is 17.0 Å². The Morgan fingerprint density at radius 2 is 1.84 bits per heavy atom. The van der Waals surface area contributed by atoms with Gasteiger partial charge in [-0.1, -0.05) is 44.0 Å². The van der Waals surface area contributed by atoms with Crippen molar-refractivity contribution in [2.75, 3.05) is 12.3 Å². The Hall–Kier alpha value is -0.490. The summed E-state index contributed by atoms with van der Waals surface area (Å²) in [4.78, 5) is -0.116. The molecule has 0 aliphatic carbocycles. The lowest BCUT2D eigenvalue weighted by Gasteiger charge is -2.17. The number of rotatable bonds is 5. The molecule has 0 saturated heterocycles. The molecule has 0 radical (unpaired) electrons. The van der Waals surface area contributed by atoms with Crippen molar-refractivity contribution in [2.24, 2.45) is 11.8 Å². The average Bonchev–Trinajstić information content (AvgIpc) is 2.23. The number of anilines is 1. The molecule has 108 valence electrons. The first-order valence-corrected chi connectivity index (χ1v) is 8.13. The minimum atomic E-state index is -3.73. The molecule has 0 aliphatic rings. The van der Waals surface area contributed by atoms with Gasteiger partial charge in [-0.25, -0.2) is 13.1 Å². The Morgan fingerprint density at radius 1 is 1.26 bits per heavy atom. The van der Waals surface area contributed by atoms with Crippen molar-refractivity contribution < 1.29 is 8.42 Å². The van der Waals surface area contributed by atoms with E-state index in [9.17, 15) is 8.42 Å². The van der Waals surface area contributed by atoms with Crippen molar-refractivity contribution in [3.05, 3.63) is 22.2 Å². The highest BCUT2D eigenvalue weighted by Crippen LogP contribution is 2.31. The standard InChI is InChI=1S/C12H18Cl2N2O2S/c1-7(2)8(3)6-16-19(17,18)12-10(14)4-9(13)5-11(12)15/h4-5,7-8,16H,6,15H2,1-3H3. The number of nitrogens with two attached hydrogens (primary N) is 1. The van der Waals surface area contributed by atoms with Crippen LogP contribution < -0.4 is 10.5 Å². The number of halogens is 2. The van der Waals surface area contributed by atoms with Gasteiger partial charge in [-0.05, 0) is 24.0 Å². The highest BCUT2D eigenvalue weighted by molar-refractivity contribution is 7.89. The lowest BCUT2D eigenvalue weighted by atomic mass is 9.99. The topological polar surface area (TPSA) is 72.2 Å². The van der Waals surface area contributed by atoms with Crippen molar-refractivity contribution in [3.8, 4) is 0 Å². The summed E-state index contributed by atoms with van der Waals surface area (Å²) in [7, 11) is -3.73. The minimum Gasteiger partial charge on any atom is -0.398 e. The van der Waals surface area contributed by atoms with E-state index in [1.54, 1.807) is 0 Å². The summed E-state index contributed by atoms with van der Waals surface area (Å²) in [5.41, 5.74) is 5.73. The fraction of sp³-hybridized carbons (Fsp3) is 0.500. The molecule has 3 N–H and O–H groups in total. The first-order valence-electron chi connectivity index (χ1n) is 5.89. The zero-order chi connectivity index (χ0) is 14.8. The van der Waals surface area contributed by atoms with Crippen LogP contribution in [0.2, 0.25) is 10.0 Å². The molecule has 0 amide bonds. The predicted molar refractivity (Wildman–Crippen MR) is 80.1 cm³/mol. The number of nitrogens with one attached hydrogen (secondary N) is 1. The van der Waals surface area contributed by atoms with Gasteiger partial charge in [0.2, 0.25) is 10.0 Å². The predicted octanol–water partition coefficient (Wildman–Crippen LogP) is 3.15. The Labute approximate surface area is 124 Å². The van der Waals surface area contributed by atoms with E-state index in [0.29, 0.717) is 17.5 Å². The number of nitrogen functional groups attached to an aromatic ring is 1. The number of benzene rings is 1. The molecule has 0 heterocycles. The van der Waals surface area contributed by atoms with Gasteiger partial charge in [-0.15, -0.1) is 0 Å². The highest BCUT2D eigenvalue weighted by atomic mass is 35.5. The van der Waals surface area contributed by atoms with Crippen LogP contribution in [-0.4, -0.2) is 15.0 Å². The molecular formula is C12H18Cl2N2O2S. The molecule has 0 fully saturated rings. The second kappa shape index (κ2) is 6.31. The highest BCUT2D eigenvalue weighted by Gasteiger charge is 2.22. The summed E-state index contributed by atoms with van der Waals surface area (Å²) in [5.74, 6) is 0.586. The van der Waals surface area contributed by atoms with Crippen molar-refractivity contribution in [1.82, 2.24) is 4.72 Å². The SMILES string of the molecule is CC(C)C(C)CNS(=O)(=O)c1c(N)cc(Cl)cc1Cl. The average molecular weight is 325 g/mol. The third-order valence-corrected chi connectivity index (χ3v) is 5.21. The van der Waals surface area contributed by atoms with Crippen LogP contribution in [-0.2, 0) is 10.0 Å². The van der Waals surface area contributed by atoms with E-state index < -0.39 is 10.0 Å². The lowest BCUT2D eigenvalue weighted by Crippen LogP contribution is -2.31. The summed E-state index contributed by atoms with van der Waals surface area (Å²) < 4.78 is 26.9. The molecule has 0 spiro atoms. The lowest BCUT2D eigenvalue weighted by molar-refractivity contribution is 0.414. The van der Waals surface area contributed by atoms with E-state index in [1.807, 2.05) is 20.8 Å². The Kier molecular flexibility index (Phi) is 5.50. The van der Waals surface area contributed by atoms with E-state index in [-0.39, 0.29) is 21.5 Å². The molecule has 0 saturated carbocycles. The monoisotopic (exact) mass is 324 g/mol. The van der Waals surface area contributed by atoms with Gasteiger partial charge in [-0.3, -0.25) is 0 Å². The van der Waals surface area contributed by atoms with Crippen LogP contribution in [0.3, 0.4) is 0 Å². The molecule has 1 aromatic carbocycles. The molecule has 1 atom stereocenters. The van der Waals surface area contributed by atoms with Crippen LogP contribution in [0.4, 0.5) is 5.69 Å². The van der Waals surface area contributed by atoms with E-state index >= 15 is 0 Å². The van der Waals surface area contributed by atoms with Crippen molar-refractivity contribution >= 4 is 38.9 Å². The van der Waals surface area contributed by atoms with Crippen LogP contribution in [0.25, 0.3) is 0 Å². The van der Waals surface area contributed by atoms with Crippen LogP contribution in [0.1, 0.15) is 20.8 Å². The summed E-state index contributed by atoms with van der Waals surface area (Å²) in [6.07, 6.45) is 0. The first kappa shape index (κ1) is 16.6. The Morgan fingerprint density at radius 3 is 2.32 bits per heavy atom. The third kappa shape index (κ3) is 4.24. The second-order valence-corrected chi connectivity index (χ2v) is 7.43. The van der Waals surface area contributed by atoms with E-state index in [1.165, 1.54) is 12.1 Å². The molecule has 1 aromatic rings. The molecule has 1 rings (SSSR count). The van der Waals surface area contributed by atoms with Gasteiger partial charge in [-0.2, -0.15) is 0 Å². The fourth-order valence-corrected chi connectivity index (χ4v) is 3.54. The van der Waals surface area contributed by atoms with Gasteiger partial charge in [0.25, 0.3) is 0 Å². The van der Waals surface area contributed by atoms with Gasteiger partial charge >= 0.3 is 0 Å². The van der Waals surface area contributed by atoms with Crippen LogP contribution in [0.5, 0.6) is 0 Å². The van der Waals surface area contributed by atoms with Gasteiger partial charge in [0.05, 0.1) is 10.7 Å². The molecule has 19 heavy (non-hydrogen) atoms. The Bertz CT molecular complexity index is 536. The maximum absolute atomic E-state index is 12.2. The maximum Gasteiger partial charge on any atom is 0.244 e. The molecule has 0 aliphatic heterocycles. The number of hydrogen-bond acceptors (Lipinski definition) is 3. The summed E-state index contributed by atoms with van der Waals surface area (Å²) in [6, 6.07) is 2.73. The molecule has 1 unspecified atom stereocenters. The summed E-state index contributed by atoms with van der Waals surface area (Å²) >= 11 is 11.7. The minimum absolute atomic E-state index is 0.0229. The fourth-order valence-electron chi connectivity index (χ4n) is 1.41. The second-order valence-electron chi connectivity index (χ2n) is 4.88. The van der Waals surface area contributed by atoms with Gasteiger partial charge in [0, 0.05) is 11.6 Å².